The number of ether oxygens (including phenoxy) is 4. The first-order chi connectivity index (χ1) is 17.4. The molecule has 2 aromatic rings. The molecule has 8 nitrogen and oxygen atoms in total. The van der Waals surface area contributed by atoms with Crippen LogP contribution in [-0.2, 0) is 19.1 Å². The zero-order valence-corrected chi connectivity index (χ0v) is 20.0. The molecular formula is C26H30F2N2O6. The Hall–Kier alpha value is -3.24. The van der Waals surface area contributed by atoms with E-state index in [2.05, 4.69) is 0 Å². The molecule has 2 fully saturated rings. The Bertz CT molecular complexity index is 1030. The van der Waals surface area contributed by atoms with E-state index in [4.69, 9.17) is 18.9 Å². The first-order valence-electron chi connectivity index (χ1n) is 12.0. The second-order valence-electron chi connectivity index (χ2n) is 8.82. The van der Waals surface area contributed by atoms with Gasteiger partial charge in [0.15, 0.2) is 0 Å². The van der Waals surface area contributed by atoms with Gasteiger partial charge in [0.1, 0.15) is 35.3 Å². The van der Waals surface area contributed by atoms with Gasteiger partial charge in [-0.15, -0.1) is 0 Å². The SMILES string of the molecule is O=C(C[C@@]1(COc2ccc(F)cc2)CN(C(=O)CCOc2cccc(F)c2)CCO1)N1CCOCC1. The van der Waals surface area contributed by atoms with Crippen molar-refractivity contribution in [2.24, 2.45) is 0 Å². The van der Waals surface area contributed by atoms with Crippen LogP contribution in [0.3, 0.4) is 0 Å². The van der Waals surface area contributed by atoms with Crippen molar-refractivity contribution in [2.45, 2.75) is 18.4 Å². The maximum absolute atomic E-state index is 13.3. The largest absolute Gasteiger partial charge is 0.493 e. The zero-order valence-electron chi connectivity index (χ0n) is 20.0. The Kier molecular flexibility index (Phi) is 8.71. The van der Waals surface area contributed by atoms with Gasteiger partial charge in [-0.2, -0.15) is 0 Å². The third-order valence-corrected chi connectivity index (χ3v) is 6.13. The fourth-order valence-corrected chi connectivity index (χ4v) is 4.22. The Balaban J connectivity index is 1.40. The van der Waals surface area contributed by atoms with Gasteiger partial charge < -0.3 is 28.7 Å². The van der Waals surface area contributed by atoms with Crippen LogP contribution in [0.1, 0.15) is 12.8 Å². The van der Waals surface area contributed by atoms with E-state index >= 15 is 0 Å². The summed E-state index contributed by atoms with van der Waals surface area (Å²) in [6, 6.07) is 11.3. The van der Waals surface area contributed by atoms with Crippen LogP contribution in [0, 0.1) is 11.6 Å². The highest BCUT2D eigenvalue weighted by Crippen LogP contribution is 2.26. The Morgan fingerprint density at radius 1 is 0.861 bits per heavy atom. The van der Waals surface area contributed by atoms with Crippen LogP contribution in [0.5, 0.6) is 11.5 Å². The van der Waals surface area contributed by atoms with E-state index in [0.29, 0.717) is 44.3 Å². The molecule has 0 unspecified atom stereocenters. The number of carbonyl (C=O) groups is 2. The number of amides is 2. The van der Waals surface area contributed by atoms with Crippen molar-refractivity contribution in [3.05, 3.63) is 60.2 Å². The molecule has 4 rings (SSSR count). The molecule has 10 heteroatoms. The average molecular weight is 505 g/mol. The minimum atomic E-state index is -1.07. The molecule has 2 aliphatic heterocycles. The summed E-state index contributed by atoms with van der Waals surface area (Å²) in [6.45, 7) is 2.79. The second kappa shape index (κ2) is 12.1. The van der Waals surface area contributed by atoms with Crippen molar-refractivity contribution < 1.29 is 37.3 Å². The van der Waals surface area contributed by atoms with Crippen LogP contribution in [0.25, 0.3) is 0 Å². The van der Waals surface area contributed by atoms with Crippen molar-refractivity contribution in [1.29, 1.82) is 0 Å². The minimum Gasteiger partial charge on any atom is -0.493 e. The number of halogens is 2. The number of nitrogens with zero attached hydrogens (tertiary/aromatic N) is 2. The summed E-state index contributed by atoms with van der Waals surface area (Å²) >= 11 is 0. The minimum absolute atomic E-state index is 0.0122. The van der Waals surface area contributed by atoms with Crippen molar-refractivity contribution in [2.75, 3.05) is 59.2 Å². The summed E-state index contributed by atoms with van der Waals surface area (Å²) in [5.74, 6) is -0.286. The van der Waals surface area contributed by atoms with E-state index in [-0.39, 0.29) is 56.8 Å². The van der Waals surface area contributed by atoms with Gasteiger partial charge in [-0.25, -0.2) is 8.78 Å². The van der Waals surface area contributed by atoms with E-state index in [0.717, 1.165) is 0 Å². The maximum atomic E-state index is 13.3. The molecule has 0 N–H and O–H groups in total. The van der Waals surface area contributed by atoms with Gasteiger partial charge >= 0.3 is 0 Å². The van der Waals surface area contributed by atoms with Gasteiger partial charge in [0, 0.05) is 25.7 Å². The average Bonchev–Trinajstić information content (AvgIpc) is 2.89. The lowest BCUT2D eigenvalue weighted by molar-refractivity contribution is -0.167. The standard InChI is InChI=1S/C26H30F2N2O6/c27-20-4-6-22(7-5-20)35-19-26(17-25(32)29-9-13-33-14-10-29)18-30(11-15-36-26)24(31)8-12-34-23-3-1-2-21(28)16-23/h1-7,16H,8-15,17-19H2/t26-/m0/s1. The van der Waals surface area contributed by atoms with Gasteiger partial charge in [-0.3, -0.25) is 9.59 Å². The number of carbonyl (C=O) groups excluding carboxylic acids is 2. The number of morpholine rings is 2. The molecule has 0 aliphatic carbocycles. The Morgan fingerprint density at radius 2 is 1.61 bits per heavy atom. The summed E-state index contributed by atoms with van der Waals surface area (Å²) in [7, 11) is 0. The lowest BCUT2D eigenvalue weighted by atomic mass is 9.96. The first-order valence-corrected chi connectivity index (χ1v) is 12.0. The van der Waals surface area contributed by atoms with E-state index in [1.54, 1.807) is 15.9 Å². The first kappa shape index (κ1) is 25.8. The van der Waals surface area contributed by atoms with Crippen LogP contribution in [0.15, 0.2) is 48.5 Å². The molecule has 0 bridgehead atoms. The van der Waals surface area contributed by atoms with Crippen molar-refractivity contribution in [1.82, 2.24) is 9.80 Å². The summed E-state index contributed by atoms with van der Waals surface area (Å²) < 4.78 is 49.5. The van der Waals surface area contributed by atoms with Crippen molar-refractivity contribution in [3.63, 3.8) is 0 Å². The number of hydrogen-bond acceptors (Lipinski definition) is 6. The highest BCUT2D eigenvalue weighted by Gasteiger charge is 2.42. The van der Waals surface area contributed by atoms with Gasteiger partial charge in [0.2, 0.25) is 11.8 Å². The van der Waals surface area contributed by atoms with Crippen LogP contribution >= 0.6 is 0 Å². The van der Waals surface area contributed by atoms with Crippen LogP contribution in [0.2, 0.25) is 0 Å². The fourth-order valence-electron chi connectivity index (χ4n) is 4.22. The predicted molar refractivity (Wildman–Crippen MR) is 126 cm³/mol. The summed E-state index contributed by atoms with van der Waals surface area (Å²) in [5.41, 5.74) is -1.07. The van der Waals surface area contributed by atoms with Gasteiger partial charge in [0.25, 0.3) is 0 Å². The van der Waals surface area contributed by atoms with Crippen LogP contribution < -0.4 is 9.47 Å². The molecule has 2 heterocycles. The Labute approximate surface area is 208 Å². The molecule has 0 spiro atoms. The van der Waals surface area contributed by atoms with E-state index in [1.807, 2.05) is 0 Å². The molecule has 36 heavy (non-hydrogen) atoms. The topological polar surface area (TPSA) is 77.5 Å². The lowest BCUT2D eigenvalue weighted by Gasteiger charge is -2.43. The smallest absolute Gasteiger partial charge is 0.226 e. The van der Waals surface area contributed by atoms with Crippen LogP contribution in [-0.4, -0.2) is 86.4 Å². The quantitative estimate of drug-likeness (QED) is 0.523. The zero-order chi connectivity index (χ0) is 25.4. The summed E-state index contributed by atoms with van der Waals surface area (Å²) in [5, 5.41) is 0. The van der Waals surface area contributed by atoms with Gasteiger partial charge in [-0.05, 0) is 36.4 Å². The number of hydrogen-bond donors (Lipinski definition) is 0. The molecule has 0 saturated carbocycles. The van der Waals surface area contributed by atoms with Gasteiger partial charge in [0.05, 0.1) is 45.8 Å². The Morgan fingerprint density at radius 3 is 2.36 bits per heavy atom. The monoisotopic (exact) mass is 504 g/mol. The lowest BCUT2D eigenvalue weighted by Crippen LogP contribution is -2.59. The highest BCUT2D eigenvalue weighted by atomic mass is 19.1. The summed E-state index contributed by atoms with van der Waals surface area (Å²) in [6.07, 6.45) is 0.112. The molecule has 2 aromatic carbocycles. The van der Waals surface area contributed by atoms with Crippen molar-refractivity contribution >= 4 is 11.8 Å². The molecule has 2 aliphatic rings. The van der Waals surface area contributed by atoms with Crippen LogP contribution in [0.4, 0.5) is 8.78 Å². The van der Waals surface area contributed by atoms with E-state index in [1.165, 1.54) is 42.5 Å². The molecule has 2 amide bonds. The second-order valence-corrected chi connectivity index (χ2v) is 8.82. The van der Waals surface area contributed by atoms with E-state index < -0.39 is 11.4 Å². The van der Waals surface area contributed by atoms with Gasteiger partial charge in [-0.1, -0.05) is 6.07 Å². The summed E-state index contributed by atoms with van der Waals surface area (Å²) in [4.78, 5) is 29.4. The predicted octanol–water partition coefficient (Wildman–Crippen LogP) is 2.66. The molecule has 0 radical (unpaired) electrons. The highest BCUT2D eigenvalue weighted by molar-refractivity contribution is 5.79. The van der Waals surface area contributed by atoms with Crippen molar-refractivity contribution in [3.8, 4) is 11.5 Å². The third-order valence-electron chi connectivity index (χ3n) is 6.13. The fraction of sp³-hybridized carbons (Fsp3) is 0.462. The molecule has 194 valence electrons. The van der Waals surface area contributed by atoms with E-state index in [9.17, 15) is 18.4 Å². The normalized spacial score (nSPS) is 20.2. The maximum Gasteiger partial charge on any atom is 0.226 e. The molecule has 2 saturated heterocycles. The number of rotatable bonds is 9. The third kappa shape index (κ3) is 7.14. The molecular weight excluding hydrogens is 474 g/mol. The molecule has 0 aromatic heterocycles. The molecule has 1 atom stereocenters. The number of benzene rings is 2.